The number of fused-ring (bicyclic) bond motifs is 1. The van der Waals surface area contributed by atoms with Crippen molar-refractivity contribution in [3.63, 3.8) is 0 Å². The van der Waals surface area contributed by atoms with Crippen LogP contribution in [0.5, 0.6) is 0 Å². The van der Waals surface area contributed by atoms with E-state index in [-0.39, 0.29) is 11.9 Å². The first-order valence-electron chi connectivity index (χ1n) is 6.95. The van der Waals surface area contributed by atoms with Crippen LogP contribution in [0.3, 0.4) is 0 Å². The van der Waals surface area contributed by atoms with Crippen molar-refractivity contribution in [3.05, 3.63) is 47.7 Å². The Morgan fingerprint density at radius 3 is 2.70 bits per heavy atom. The summed E-state index contributed by atoms with van der Waals surface area (Å²) >= 11 is 0. The molecule has 0 saturated carbocycles. The normalized spacial score (nSPS) is 13.8. The number of nitrogens with zero attached hydrogens (tertiary/aromatic N) is 2. The summed E-state index contributed by atoms with van der Waals surface area (Å²) in [6.45, 7) is 4.83. The molecule has 104 valence electrons. The molecule has 0 spiro atoms. The molecule has 2 N–H and O–H groups in total. The molecule has 2 heterocycles. The zero-order valence-corrected chi connectivity index (χ0v) is 11.8. The molecule has 1 aliphatic heterocycles. The quantitative estimate of drug-likeness (QED) is 0.911. The summed E-state index contributed by atoms with van der Waals surface area (Å²) in [7, 11) is 0. The third-order valence-corrected chi connectivity index (χ3v) is 3.87. The molecule has 0 radical (unpaired) electrons. The van der Waals surface area contributed by atoms with E-state index < -0.39 is 0 Å². The molecule has 1 aromatic heterocycles. The number of benzene rings is 1. The van der Waals surface area contributed by atoms with Crippen LogP contribution in [-0.4, -0.2) is 17.0 Å². The maximum atomic E-state index is 12.7. The van der Waals surface area contributed by atoms with Crippen LogP contribution in [0, 0.1) is 0 Å². The highest BCUT2D eigenvalue weighted by molar-refractivity contribution is 6.10. The van der Waals surface area contributed by atoms with Crippen molar-refractivity contribution >= 4 is 17.4 Å². The van der Waals surface area contributed by atoms with E-state index >= 15 is 0 Å². The van der Waals surface area contributed by atoms with Crippen molar-refractivity contribution in [2.75, 3.05) is 17.2 Å². The van der Waals surface area contributed by atoms with Gasteiger partial charge in [0.25, 0.3) is 5.91 Å². The van der Waals surface area contributed by atoms with Crippen LogP contribution < -0.4 is 10.6 Å². The molecule has 0 fully saturated rings. The predicted octanol–water partition coefficient (Wildman–Crippen LogP) is 2.85. The average molecular weight is 269 g/mol. The van der Waals surface area contributed by atoms with Gasteiger partial charge in [0.2, 0.25) is 0 Å². The number of carbonyl (C=O) groups excluding carboxylic acids is 1. The molecule has 0 atom stereocenters. The molecular formula is C16H19N3O. The topological polar surface area (TPSA) is 51.3 Å². The largest absolute Gasteiger partial charge is 0.384 e. The Morgan fingerprint density at radius 1 is 1.25 bits per heavy atom. The molecule has 4 nitrogen and oxygen atoms in total. The molecule has 1 aliphatic rings. The van der Waals surface area contributed by atoms with Crippen LogP contribution in [0.15, 0.2) is 36.5 Å². The summed E-state index contributed by atoms with van der Waals surface area (Å²) in [5.41, 5.74) is 8.93. The Bertz CT molecular complexity index is 657. The van der Waals surface area contributed by atoms with Crippen LogP contribution in [0.4, 0.5) is 11.5 Å². The van der Waals surface area contributed by atoms with Crippen LogP contribution in [0.1, 0.15) is 35.8 Å². The van der Waals surface area contributed by atoms with Gasteiger partial charge in [-0.05, 0) is 38.0 Å². The maximum Gasteiger partial charge on any atom is 0.262 e. The summed E-state index contributed by atoms with van der Waals surface area (Å²) in [4.78, 5) is 14.5. The van der Waals surface area contributed by atoms with E-state index in [1.54, 1.807) is 0 Å². The number of nitrogen functional groups attached to an aromatic ring is 1. The molecule has 0 saturated heterocycles. The minimum atomic E-state index is -0.00755. The lowest BCUT2D eigenvalue weighted by molar-refractivity contribution is 0.0990. The van der Waals surface area contributed by atoms with Gasteiger partial charge in [-0.1, -0.05) is 18.2 Å². The number of aromatic nitrogens is 1. The molecule has 0 bridgehead atoms. The summed E-state index contributed by atoms with van der Waals surface area (Å²) in [6.07, 6.45) is 2.79. The van der Waals surface area contributed by atoms with Gasteiger partial charge < -0.3 is 15.2 Å². The molecule has 1 amide bonds. The zero-order chi connectivity index (χ0) is 14.3. The Labute approximate surface area is 118 Å². The zero-order valence-electron chi connectivity index (χ0n) is 11.8. The first-order chi connectivity index (χ1) is 9.59. The van der Waals surface area contributed by atoms with Crippen LogP contribution in [0.25, 0.3) is 0 Å². The van der Waals surface area contributed by atoms with E-state index in [0.29, 0.717) is 11.4 Å². The SMILES string of the molecule is CC(C)n1ccc(C(=O)N2CCc3ccccc32)c1N. The molecule has 1 aromatic carbocycles. The lowest BCUT2D eigenvalue weighted by Crippen LogP contribution is -2.29. The number of nitrogens with two attached hydrogens (primary N) is 1. The Balaban J connectivity index is 1.95. The van der Waals surface area contributed by atoms with E-state index in [0.717, 1.165) is 18.7 Å². The molecule has 2 aromatic rings. The smallest absolute Gasteiger partial charge is 0.262 e. The van der Waals surface area contributed by atoms with Gasteiger partial charge in [-0.25, -0.2) is 0 Å². The lowest BCUT2D eigenvalue weighted by atomic mass is 10.2. The van der Waals surface area contributed by atoms with Crippen molar-refractivity contribution in [1.82, 2.24) is 4.57 Å². The minimum Gasteiger partial charge on any atom is -0.384 e. The predicted molar refractivity (Wildman–Crippen MR) is 81.1 cm³/mol. The van der Waals surface area contributed by atoms with E-state index in [2.05, 4.69) is 19.9 Å². The van der Waals surface area contributed by atoms with Gasteiger partial charge in [-0.2, -0.15) is 0 Å². The van der Waals surface area contributed by atoms with Gasteiger partial charge >= 0.3 is 0 Å². The highest BCUT2D eigenvalue weighted by atomic mass is 16.2. The molecule has 4 heteroatoms. The number of amides is 1. The van der Waals surface area contributed by atoms with Crippen LogP contribution in [-0.2, 0) is 6.42 Å². The van der Waals surface area contributed by atoms with Crippen molar-refractivity contribution in [1.29, 1.82) is 0 Å². The van der Waals surface area contributed by atoms with Crippen molar-refractivity contribution in [2.24, 2.45) is 0 Å². The number of para-hydroxylation sites is 1. The van der Waals surface area contributed by atoms with Gasteiger partial charge in [0.05, 0.1) is 5.56 Å². The molecule has 0 unspecified atom stereocenters. The maximum absolute atomic E-state index is 12.7. The van der Waals surface area contributed by atoms with Gasteiger partial charge in [0.15, 0.2) is 0 Å². The Hall–Kier alpha value is -2.23. The van der Waals surface area contributed by atoms with Crippen molar-refractivity contribution in [3.8, 4) is 0 Å². The first kappa shape index (κ1) is 12.8. The first-order valence-corrected chi connectivity index (χ1v) is 6.95. The summed E-state index contributed by atoms with van der Waals surface area (Å²) in [5, 5.41) is 0. The minimum absolute atomic E-state index is 0.00755. The summed E-state index contributed by atoms with van der Waals surface area (Å²) in [5.74, 6) is 0.543. The number of carbonyl (C=O) groups is 1. The van der Waals surface area contributed by atoms with E-state index in [9.17, 15) is 4.79 Å². The standard InChI is InChI=1S/C16H19N3O/c1-11(2)18-10-8-13(15(18)17)16(20)19-9-7-12-5-3-4-6-14(12)19/h3-6,8,10-11H,7,9,17H2,1-2H3. The highest BCUT2D eigenvalue weighted by Gasteiger charge is 2.27. The van der Waals surface area contributed by atoms with Gasteiger partial charge in [-0.3, -0.25) is 4.79 Å². The monoisotopic (exact) mass is 269 g/mol. The van der Waals surface area contributed by atoms with Crippen molar-refractivity contribution in [2.45, 2.75) is 26.3 Å². The number of rotatable bonds is 2. The third-order valence-electron chi connectivity index (χ3n) is 3.87. The summed E-state index contributed by atoms with van der Waals surface area (Å²) in [6, 6.07) is 10.1. The average Bonchev–Trinajstić information content (AvgIpc) is 3.01. The second-order valence-electron chi connectivity index (χ2n) is 5.45. The van der Waals surface area contributed by atoms with Gasteiger partial charge in [0, 0.05) is 24.5 Å². The lowest BCUT2D eigenvalue weighted by Gasteiger charge is -2.18. The second kappa shape index (κ2) is 4.71. The van der Waals surface area contributed by atoms with E-state index in [4.69, 9.17) is 5.73 Å². The fourth-order valence-corrected chi connectivity index (χ4v) is 2.79. The highest BCUT2D eigenvalue weighted by Crippen LogP contribution is 2.30. The Morgan fingerprint density at radius 2 is 2.00 bits per heavy atom. The second-order valence-corrected chi connectivity index (χ2v) is 5.45. The number of hydrogen-bond acceptors (Lipinski definition) is 2. The number of hydrogen-bond donors (Lipinski definition) is 1. The molecule has 3 rings (SSSR count). The summed E-state index contributed by atoms with van der Waals surface area (Å²) < 4.78 is 1.93. The van der Waals surface area contributed by atoms with Gasteiger partial charge in [0.1, 0.15) is 5.82 Å². The van der Waals surface area contributed by atoms with Crippen molar-refractivity contribution < 1.29 is 4.79 Å². The van der Waals surface area contributed by atoms with Gasteiger partial charge in [-0.15, -0.1) is 0 Å². The van der Waals surface area contributed by atoms with E-state index in [1.165, 1.54) is 5.56 Å². The molecule has 20 heavy (non-hydrogen) atoms. The van der Waals surface area contributed by atoms with Crippen LogP contribution in [0.2, 0.25) is 0 Å². The van der Waals surface area contributed by atoms with Crippen LogP contribution >= 0.6 is 0 Å². The van der Waals surface area contributed by atoms with E-state index in [1.807, 2.05) is 39.9 Å². The Kier molecular flexibility index (Phi) is 3.01. The third kappa shape index (κ3) is 1.88. The molecule has 0 aliphatic carbocycles. The molecular weight excluding hydrogens is 250 g/mol. The fourth-order valence-electron chi connectivity index (χ4n) is 2.79. The number of anilines is 2. The fraction of sp³-hybridized carbons (Fsp3) is 0.312.